The number of rotatable bonds is 16. The van der Waals surface area contributed by atoms with Gasteiger partial charge in [-0.3, -0.25) is 0 Å². The fourth-order valence-electron chi connectivity index (χ4n) is 3.30. The van der Waals surface area contributed by atoms with E-state index in [0.717, 1.165) is 32.5 Å². The van der Waals surface area contributed by atoms with E-state index >= 15 is 0 Å². The largest absolute Gasteiger partial charge is 0.458 e. The average molecular weight is 401 g/mol. The Bertz CT molecular complexity index is 372. The molecule has 0 amide bonds. The molecule has 1 atom stereocenters. The zero-order valence-corrected chi connectivity index (χ0v) is 18.6. The summed E-state index contributed by atoms with van der Waals surface area (Å²) in [4.78, 5) is 11.5. The van der Waals surface area contributed by atoms with Crippen molar-refractivity contribution in [2.45, 2.75) is 116 Å². The van der Waals surface area contributed by atoms with Crippen LogP contribution in [0.1, 0.15) is 104 Å². The summed E-state index contributed by atoms with van der Waals surface area (Å²) in [5.41, 5.74) is -0.432. The summed E-state index contributed by atoms with van der Waals surface area (Å²) in [6, 6.07) is 0. The zero-order chi connectivity index (χ0) is 20.5. The van der Waals surface area contributed by atoms with Crippen molar-refractivity contribution in [1.29, 1.82) is 0 Å². The maximum atomic E-state index is 11.5. The van der Waals surface area contributed by atoms with E-state index in [1.807, 2.05) is 20.8 Å². The van der Waals surface area contributed by atoms with Gasteiger partial charge in [-0.15, -0.1) is 0 Å². The summed E-state index contributed by atoms with van der Waals surface area (Å²) in [6.07, 6.45) is 16.0. The Morgan fingerprint density at radius 1 is 0.857 bits per heavy atom. The molecule has 0 aliphatic carbocycles. The van der Waals surface area contributed by atoms with E-state index in [9.17, 15) is 4.79 Å². The highest BCUT2D eigenvalue weighted by Crippen LogP contribution is 2.15. The summed E-state index contributed by atoms with van der Waals surface area (Å²) < 4.78 is 21.9. The minimum atomic E-state index is -0.432. The minimum Gasteiger partial charge on any atom is -0.458 e. The third kappa shape index (κ3) is 16.3. The number of esters is 1. The summed E-state index contributed by atoms with van der Waals surface area (Å²) in [7, 11) is 0. The van der Waals surface area contributed by atoms with Crippen LogP contribution < -0.4 is 0 Å². The summed E-state index contributed by atoms with van der Waals surface area (Å²) in [6.45, 7) is 8.03. The van der Waals surface area contributed by atoms with Gasteiger partial charge in [0.1, 0.15) is 12.2 Å². The van der Waals surface area contributed by atoms with Crippen LogP contribution in [0.15, 0.2) is 0 Å². The van der Waals surface area contributed by atoms with Crippen molar-refractivity contribution in [2.24, 2.45) is 0 Å². The van der Waals surface area contributed by atoms with E-state index in [-0.39, 0.29) is 18.9 Å². The van der Waals surface area contributed by atoms with E-state index in [4.69, 9.17) is 18.9 Å². The second-order valence-electron chi connectivity index (χ2n) is 8.84. The van der Waals surface area contributed by atoms with Crippen LogP contribution in [-0.2, 0) is 23.7 Å². The van der Waals surface area contributed by atoms with Crippen molar-refractivity contribution in [1.82, 2.24) is 0 Å². The van der Waals surface area contributed by atoms with Gasteiger partial charge in [-0.25, -0.2) is 4.79 Å². The molecule has 28 heavy (non-hydrogen) atoms. The quantitative estimate of drug-likeness (QED) is 0.242. The number of carbonyl (C=O) groups excluding carboxylic acids is 1. The highest BCUT2D eigenvalue weighted by molar-refractivity contribution is 5.71. The Labute approximate surface area is 172 Å². The van der Waals surface area contributed by atoms with Gasteiger partial charge in [0.2, 0.25) is 0 Å². The third-order valence-electron chi connectivity index (χ3n) is 4.76. The topological polar surface area (TPSA) is 54.0 Å². The minimum absolute atomic E-state index is 0.0655. The Hall–Kier alpha value is -0.650. The summed E-state index contributed by atoms with van der Waals surface area (Å²) in [5.74, 6) is -0.276. The normalized spacial score (nSPS) is 17.6. The van der Waals surface area contributed by atoms with Crippen LogP contribution in [0.4, 0.5) is 0 Å². The van der Waals surface area contributed by atoms with Gasteiger partial charge < -0.3 is 18.9 Å². The van der Waals surface area contributed by atoms with E-state index in [2.05, 4.69) is 0 Å². The standard InChI is InChI=1S/C23H44O5/c1-23(2,3)28-21(24)20-25-17-13-10-8-6-4-5-7-9-11-14-18-26-22-16-12-15-19-27-22/h22H,4-20H2,1-3H3. The van der Waals surface area contributed by atoms with Crippen LogP contribution in [0.2, 0.25) is 0 Å². The highest BCUT2D eigenvalue weighted by atomic mass is 16.7. The molecular formula is C23H44O5. The first-order valence-electron chi connectivity index (χ1n) is 11.5. The fourth-order valence-corrected chi connectivity index (χ4v) is 3.30. The third-order valence-corrected chi connectivity index (χ3v) is 4.76. The Morgan fingerprint density at radius 3 is 1.96 bits per heavy atom. The van der Waals surface area contributed by atoms with Gasteiger partial charge in [-0.05, 0) is 52.9 Å². The molecule has 0 aromatic heterocycles. The van der Waals surface area contributed by atoms with Crippen molar-refractivity contribution >= 4 is 5.97 Å². The molecular weight excluding hydrogens is 356 g/mol. The number of unbranched alkanes of at least 4 members (excludes halogenated alkanes) is 9. The Morgan fingerprint density at radius 2 is 1.43 bits per heavy atom. The maximum absolute atomic E-state index is 11.5. The molecule has 166 valence electrons. The molecule has 5 nitrogen and oxygen atoms in total. The van der Waals surface area contributed by atoms with Crippen LogP contribution >= 0.6 is 0 Å². The van der Waals surface area contributed by atoms with Crippen molar-refractivity contribution in [3.05, 3.63) is 0 Å². The first-order chi connectivity index (χ1) is 13.5. The first kappa shape index (κ1) is 25.4. The van der Waals surface area contributed by atoms with E-state index in [1.165, 1.54) is 64.2 Å². The van der Waals surface area contributed by atoms with Gasteiger partial charge >= 0.3 is 5.97 Å². The lowest BCUT2D eigenvalue weighted by molar-refractivity contribution is -0.162. The molecule has 1 fully saturated rings. The van der Waals surface area contributed by atoms with Gasteiger partial charge in [0.05, 0.1) is 0 Å². The van der Waals surface area contributed by atoms with Crippen molar-refractivity contribution in [2.75, 3.05) is 26.4 Å². The van der Waals surface area contributed by atoms with Crippen LogP contribution in [0, 0.1) is 0 Å². The molecule has 1 aliphatic heterocycles. The van der Waals surface area contributed by atoms with Gasteiger partial charge in [-0.1, -0.05) is 51.4 Å². The van der Waals surface area contributed by atoms with Crippen LogP contribution in [0.25, 0.3) is 0 Å². The predicted octanol–water partition coefficient (Wildman–Crippen LogP) is 5.79. The second-order valence-corrected chi connectivity index (χ2v) is 8.84. The zero-order valence-electron chi connectivity index (χ0n) is 18.6. The highest BCUT2D eigenvalue weighted by Gasteiger charge is 2.16. The van der Waals surface area contributed by atoms with Crippen molar-refractivity contribution in [3.63, 3.8) is 0 Å². The molecule has 0 spiro atoms. The SMILES string of the molecule is CC(C)(C)OC(=O)COCCCCCCCCCCCCOC1CCCCO1. The van der Waals surface area contributed by atoms with Crippen molar-refractivity contribution in [3.8, 4) is 0 Å². The van der Waals surface area contributed by atoms with Crippen LogP contribution in [0.5, 0.6) is 0 Å². The average Bonchev–Trinajstić information content (AvgIpc) is 2.64. The first-order valence-corrected chi connectivity index (χ1v) is 11.5. The molecule has 0 aromatic carbocycles. The van der Waals surface area contributed by atoms with Gasteiger partial charge in [0, 0.05) is 19.8 Å². The molecule has 1 heterocycles. The molecule has 0 aromatic rings. The van der Waals surface area contributed by atoms with E-state index in [0.29, 0.717) is 6.61 Å². The number of carbonyl (C=O) groups is 1. The molecule has 1 aliphatic rings. The maximum Gasteiger partial charge on any atom is 0.332 e. The Kier molecular flexibility index (Phi) is 14.7. The Balaban J connectivity index is 1.72. The number of ether oxygens (including phenoxy) is 4. The molecule has 0 radical (unpaired) electrons. The van der Waals surface area contributed by atoms with Gasteiger partial charge in [-0.2, -0.15) is 0 Å². The molecule has 0 saturated carbocycles. The van der Waals surface area contributed by atoms with Crippen molar-refractivity contribution < 1.29 is 23.7 Å². The molecule has 1 unspecified atom stereocenters. The molecule has 5 heteroatoms. The van der Waals surface area contributed by atoms with E-state index < -0.39 is 5.60 Å². The lowest BCUT2D eigenvalue weighted by Crippen LogP contribution is -2.26. The van der Waals surface area contributed by atoms with Crippen LogP contribution in [-0.4, -0.2) is 44.3 Å². The number of hydrogen-bond acceptors (Lipinski definition) is 5. The fraction of sp³-hybridized carbons (Fsp3) is 0.957. The summed E-state index contributed by atoms with van der Waals surface area (Å²) in [5, 5.41) is 0. The molecule has 1 saturated heterocycles. The van der Waals surface area contributed by atoms with E-state index in [1.54, 1.807) is 0 Å². The van der Waals surface area contributed by atoms with Gasteiger partial charge in [0.25, 0.3) is 0 Å². The predicted molar refractivity (Wildman–Crippen MR) is 112 cm³/mol. The lowest BCUT2D eigenvalue weighted by Gasteiger charge is -2.22. The monoisotopic (exact) mass is 400 g/mol. The smallest absolute Gasteiger partial charge is 0.332 e. The lowest BCUT2D eigenvalue weighted by atomic mass is 10.1. The second kappa shape index (κ2) is 16.2. The van der Waals surface area contributed by atoms with Crippen LogP contribution in [0.3, 0.4) is 0 Å². The van der Waals surface area contributed by atoms with Gasteiger partial charge in [0.15, 0.2) is 6.29 Å². The molecule has 0 bridgehead atoms. The number of hydrogen-bond donors (Lipinski definition) is 0. The summed E-state index contributed by atoms with van der Waals surface area (Å²) >= 11 is 0. The molecule has 1 rings (SSSR count). The molecule has 0 N–H and O–H groups in total.